The standard InChI is InChI=1S/C11H15N3O.C2H6/c1-14-8-4-5-9(14)11(15)13-10-6-2-3-7-12-10;1-2/h2-3,6-7,9H,4-5,8H2,1H3,(H,12,13,15);1-2H3. The van der Waals surface area contributed by atoms with E-state index >= 15 is 0 Å². The van der Waals surface area contributed by atoms with E-state index in [2.05, 4.69) is 15.2 Å². The van der Waals surface area contributed by atoms with E-state index in [9.17, 15) is 4.79 Å². The molecule has 4 nitrogen and oxygen atoms in total. The molecule has 1 atom stereocenters. The molecule has 4 heteroatoms. The summed E-state index contributed by atoms with van der Waals surface area (Å²) < 4.78 is 0. The lowest BCUT2D eigenvalue weighted by Gasteiger charge is -2.18. The SMILES string of the molecule is CC.CN1CCCC1C(=O)Nc1ccccn1. The molecule has 1 aromatic rings. The highest BCUT2D eigenvalue weighted by Gasteiger charge is 2.27. The molecule has 1 fully saturated rings. The number of hydrogen-bond acceptors (Lipinski definition) is 3. The van der Waals surface area contributed by atoms with Crippen LogP contribution in [0, 0.1) is 0 Å². The fourth-order valence-electron chi connectivity index (χ4n) is 1.89. The lowest BCUT2D eigenvalue weighted by Crippen LogP contribution is -2.37. The molecular weight excluding hydrogens is 214 g/mol. The molecule has 1 amide bonds. The van der Waals surface area contributed by atoms with Crippen molar-refractivity contribution in [3.63, 3.8) is 0 Å². The second-order valence-electron chi connectivity index (χ2n) is 3.84. The van der Waals surface area contributed by atoms with Crippen molar-refractivity contribution in [2.45, 2.75) is 32.7 Å². The Morgan fingerprint density at radius 2 is 2.24 bits per heavy atom. The van der Waals surface area contributed by atoms with Crippen molar-refractivity contribution in [3.05, 3.63) is 24.4 Å². The average molecular weight is 235 g/mol. The number of carbonyl (C=O) groups is 1. The molecule has 94 valence electrons. The van der Waals surface area contributed by atoms with Crippen LogP contribution in [0.3, 0.4) is 0 Å². The minimum absolute atomic E-state index is 0.00649. The van der Waals surface area contributed by atoms with Crippen LogP contribution >= 0.6 is 0 Å². The van der Waals surface area contributed by atoms with Crippen LogP contribution < -0.4 is 5.32 Å². The Balaban J connectivity index is 0.000000686. The summed E-state index contributed by atoms with van der Waals surface area (Å²) in [4.78, 5) is 18.0. The van der Waals surface area contributed by atoms with Crippen LogP contribution in [0.5, 0.6) is 0 Å². The summed E-state index contributed by atoms with van der Waals surface area (Å²) in [6.07, 6.45) is 3.71. The number of likely N-dealkylation sites (tertiary alicyclic amines) is 1. The Hall–Kier alpha value is -1.42. The zero-order chi connectivity index (χ0) is 12.7. The normalized spacial score (nSPS) is 19.4. The second kappa shape index (κ2) is 7.01. The number of nitrogens with zero attached hydrogens (tertiary/aromatic N) is 2. The lowest BCUT2D eigenvalue weighted by molar-refractivity contribution is -0.119. The minimum atomic E-state index is 0.00649. The van der Waals surface area contributed by atoms with Gasteiger partial charge in [0, 0.05) is 6.20 Å². The van der Waals surface area contributed by atoms with Crippen molar-refractivity contribution in [2.24, 2.45) is 0 Å². The zero-order valence-electron chi connectivity index (χ0n) is 10.8. The molecule has 17 heavy (non-hydrogen) atoms. The number of aromatic nitrogens is 1. The van der Waals surface area contributed by atoms with Gasteiger partial charge in [0.05, 0.1) is 6.04 Å². The van der Waals surface area contributed by atoms with Crippen LogP contribution in [0.2, 0.25) is 0 Å². The van der Waals surface area contributed by atoms with E-state index in [0.29, 0.717) is 5.82 Å². The summed E-state index contributed by atoms with van der Waals surface area (Å²) in [6.45, 7) is 5.00. The van der Waals surface area contributed by atoms with Gasteiger partial charge in [-0.2, -0.15) is 0 Å². The van der Waals surface area contributed by atoms with Crippen LogP contribution in [0.15, 0.2) is 24.4 Å². The van der Waals surface area contributed by atoms with Crippen LogP contribution in [-0.4, -0.2) is 35.4 Å². The highest BCUT2D eigenvalue weighted by molar-refractivity contribution is 5.94. The van der Waals surface area contributed by atoms with Gasteiger partial charge in [-0.1, -0.05) is 19.9 Å². The molecule has 1 unspecified atom stereocenters. The third-order valence-electron chi connectivity index (χ3n) is 2.74. The topological polar surface area (TPSA) is 45.2 Å². The second-order valence-corrected chi connectivity index (χ2v) is 3.84. The number of amides is 1. The minimum Gasteiger partial charge on any atom is -0.309 e. The summed E-state index contributed by atoms with van der Waals surface area (Å²) in [5.41, 5.74) is 0. The van der Waals surface area contributed by atoms with Crippen molar-refractivity contribution in [1.82, 2.24) is 9.88 Å². The largest absolute Gasteiger partial charge is 0.309 e. The van der Waals surface area contributed by atoms with Gasteiger partial charge in [-0.25, -0.2) is 4.98 Å². The average Bonchev–Trinajstić information content (AvgIpc) is 2.79. The van der Waals surface area contributed by atoms with Gasteiger partial charge < -0.3 is 5.32 Å². The molecule has 1 saturated heterocycles. The van der Waals surface area contributed by atoms with Crippen molar-refractivity contribution in [3.8, 4) is 0 Å². The molecule has 0 spiro atoms. The Bertz CT molecular complexity index is 340. The van der Waals surface area contributed by atoms with Gasteiger partial charge in [0.25, 0.3) is 0 Å². The van der Waals surface area contributed by atoms with E-state index in [1.165, 1.54) is 0 Å². The van der Waals surface area contributed by atoms with E-state index in [1.807, 2.05) is 33.0 Å². The van der Waals surface area contributed by atoms with Crippen molar-refractivity contribution in [2.75, 3.05) is 18.9 Å². The van der Waals surface area contributed by atoms with Gasteiger partial charge >= 0.3 is 0 Å². The monoisotopic (exact) mass is 235 g/mol. The Morgan fingerprint density at radius 1 is 1.47 bits per heavy atom. The van der Waals surface area contributed by atoms with E-state index in [4.69, 9.17) is 0 Å². The number of rotatable bonds is 2. The Labute approximate surface area is 103 Å². The first-order chi connectivity index (χ1) is 8.27. The van der Waals surface area contributed by atoms with Gasteiger partial charge in [-0.05, 0) is 38.6 Å². The summed E-state index contributed by atoms with van der Waals surface area (Å²) in [5, 5.41) is 2.82. The summed E-state index contributed by atoms with van der Waals surface area (Å²) in [6, 6.07) is 5.50. The fraction of sp³-hybridized carbons (Fsp3) is 0.538. The van der Waals surface area contributed by atoms with Gasteiger partial charge in [-0.3, -0.25) is 9.69 Å². The maximum atomic E-state index is 11.8. The van der Waals surface area contributed by atoms with Gasteiger partial charge in [0.15, 0.2) is 0 Å². The van der Waals surface area contributed by atoms with Crippen LogP contribution in [-0.2, 0) is 4.79 Å². The maximum absolute atomic E-state index is 11.8. The molecule has 1 aliphatic rings. The first-order valence-electron chi connectivity index (χ1n) is 6.19. The third-order valence-corrected chi connectivity index (χ3v) is 2.74. The molecule has 1 aromatic heterocycles. The Kier molecular flexibility index (Phi) is 5.63. The molecule has 0 saturated carbocycles. The summed E-state index contributed by atoms with van der Waals surface area (Å²) >= 11 is 0. The zero-order valence-corrected chi connectivity index (χ0v) is 10.8. The van der Waals surface area contributed by atoms with E-state index in [0.717, 1.165) is 19.4 Å². The predicted octanol–water partition coefficient (Wildman–Crippen LogP) is 2.14. The van der Waals surface area contributed by atoms with Crippen molar-refractivity contribution in [1.29, 1.82) is 0 Å². The fourth-order valence-corrected chi connectivity index (χ4v) is 1.89. The molecule has 2 rings (SSSR count). The number of anilines is 1. The van der Waals surface area contributed by atoms with E-state index in [-0.39, 0.29) is 11.9 Å². The molecule has 2 heterocycles. The number of likely N-dealkylation sites (N-methyl/N-ethyl adjacent to an activating group) is 1. The number of hydrogen-bond donors (Lipinski definition) is 1. The highest BCUT2D eigenvalue weighted by Crippen LogP contribution is 2.16. The van der Waals surface area contributed by atoms with Crippen LogP contribution in [0.4, 0.5) is 5.82 Å². The molecule has 1 N–H and O–H groups in total. The number of carbonyl (C=O) groups excluding carboxylic acids is 1. The maximum Gasteiger partial charge on any atom is 0.242 e. The molecule has 0 bridgehead atoms. The lowest BCUT2D eigenvalue weighted by atomic mass is 10.2. The van der Waals surface area contributed by atoms with Gasteiger partial charge in [0.1, 0.15) is 5.82 Å². The van der Waals surface area contributed by atoms with E-state index in [1.54, 1.807) is 12.3 Å². The summed E-state index contributed by atoms with van der Waals surface area (Å²) in [7, 11) is 1.98. The third kappa shape index (κ3) is 3.82. The predicted molar refractivity (Wildman–Crippen MR) is 69.9 cm³/mol. The molecule has 0 aromatic carbocycles. The first-order valence-corrected chi connectivity index (χ1v) is 6.19. The smallest absolute Gasteiger partial charge is 0.242 e. The number of pyridine rings is 1. The molecule has 1 aliphatic heterocycles. The van der Waals surface area contributed by atoms with Crippen LogP contribution in [0.25, 0.3) is 0 Å². The van der Waals surface area contributed by atoms with Gasteiger partial charge in [-0.15, -0.1) is 0 Å². The van der Waals surface area contributed by atoms with Crippen molar-refractivity contribution >= 4 is 11.7 Å². The first kappa shape index (κ1) is 13.6. The quantitative estimate of drug-likeness (QED) is 0.854. The van der Waals surface area contributed by atoms with Crippen LogP contribution in [0.1, 0.15) is 26.7 Å². The van der Waals surface area contributed by atoms with E-state index < -0.39 is 0 Å². The molecular formula is C13H21N3O. The van der Waals surface area contributed by atoms with Gasteiger partial charge in [0.2, 0.25) is 5.91 Å². The highest BCUT2D eigenvalue weighted by atomic mass is 16.2. The number of nitrogens with one attached hydrogen (secondary N) is 1. The molecule has 0 radical (unpaired) electrons. The summed E-state index contributed by atoms with van der Waals surface area (Å²) in [5.74, 6) is 0.677. The Morgan fingerprint density at radius 3 is 2.76 bits per heavy atom. The van der Waals surface area contributed by atoms with Crippen molar-refractivity contribution < 1.29 is 4.79 Å². The molecule has 0 aliphatic carbocycles.